The Hall–Kier alpha value is -5.27. The fourth-order valence-corrected chi connectivity index (χ4v) is 6.52. The molecule has 9 nitrogen and oxygen atoms in total. The average Bonchev–Trinajstić information content (AvgIpc) is 3.74. The number of hydrogen-bond acceptors (Lipinski definition) is 7. The second kappa shape index (κ2) is 11.3. The van der Waals surface area contributed by atoms with Gasteiger partial charge in [-0.15, -0.1) is 0 Å². The number of anilines is 1. The van der Waals surface area contributed by atoms with Gasteiger partial charge < -0.3 is 0 Å². The molecule has 4 unspecified atom stereocenters. The minimum absolute atomic E-state index is 0.126. The molecule has 1 saturated carbocycles. The van der Waals surface area contributed by atoms with Gasteiger partial charge in [-0.3, -0.25) is 19.4 Å². The van der Waals surface area contributed by atoms with Crippen LogP contribution in [-0.4, -0.2) is 52.1 Å². The summed E-state index contributed by atoms with van der Waals surface area (Å²) in [6.07, 6.45) is 4.41. The highest BCUT2D eigenvalue weighted by Crippen LogP contribution is 2.45. The molecule has 3 aromatic rings. The molecule has 0 N–H and O–H groups in total. The molecule has 3 aromatic carbocycles. The van der Waals surface area contributed by atoms with E-state index in [0.717, 1.165) is 46.7 Å². The number of nitrogens with zero attached hydrogens (tertiary/aromatic N) is 6. The second-order valence-electron chi connectivity index (χ2n) is 11.3. The molecule has 234 valence electrons. The number of carbonyl (C=O) groups is 3. The van der Waals surface area contributed by atoms with E-state index in [-0.39, 0.29) is 10.8 Å². The van der Waals surface area contributed by atoms with Crippen molar-refractivity contribution in [3.63, 3.8) is 0 Å². The lowest BCUT2D eigenvalue weighted by molar-refractivity contribution is -0.136. The predicted molar refractivity (Wildman–Crippen MR) is 153 cm³/mol. The van der Waals surface area contributed by atoms with Gasteiger partial charge in [-0.1, -0.05) is 65.9 Å². The molecule has 1 saturated heterocycles. The van der Waals surface area contributed by atoms with Gasteiger partial charge in [0.2, 0.25) is 5.82 Å². The third-order valence-electron chi connectivity index (χ3n) is 8.60. The number of rotatable bonds is 5. The van der Waals surface area contributed by atoms with Crippen molar-refractivity contribution in [1.29, 1.82) is 0 Å². The minimum atomic E-state index is -2.44. The molecule has 0 bridgehead atoms. The largest absolute Gasteiger partial charge is 0.271 e. The molecule has 1 aliphatic carbocycles. The fourth-order valence-electron chi connectivity index (χ4n) is 6.52. The van der Waals surface area contributed by atoms with Crippen LogP contribution in [0.4, 0.5) is 27.6 Å². The maximum atomic E-state index is 14.6. The van der Waals surface area contributed by atoms with E-state index < -0.39 is 77.2 Å². The van der Waals surface area contributed by atoms with Crippen LogP contribution in [0.15, 0.2) is 81.7 Å². The lowest BCUT2D eigenvalue weighted by atomic mass is 9.77. The molecule has 4 aliphatic rings. The lowest BCUT2D eigenvalue weighted by Crippen LogP contribution is -2.45. The highest BCUT2D eigenvalue weighted by molar-refractivity contribution is 6.25. The summed E-state index contributed by atoms with van der Waals surface area (Å²) in [7, 11) is 0. The van der Waals surface area contributed by atoms with E-state index in [1.54, 1.807) is 0 Å². The van der Waals surface area contributed by atoms with Crippen LogP contribution in [0.5, 0.6) is 0 Å². The fraction of sp³-hybridized carbons (Fsp3) is 0.250. The average molecular weight is 635 g/mol. The third kappa shape index (κ3) is 4.58. The quantitative estimate of drug-likeness (QED) is 0.160. The zero-order chi connectivity index (χ0) is 32.3. The van der Waals surface area contributed by atoms with Crippen LogP contribution in [0.3, 0.4) is 0 Å². The highest BCUT2D eigenvalue weighted by atomic mass is 19.2. The van der Waals surface area contributed by atoms with E-state index in [4.69, 9.17) is 5.10 Å². The van der Waals surface area contributed by atoms with E-state index in [1.165, 1.54) is 5.01 Å². The molecule has 4 atom stereocenters. The second-order valence-corrected chi connectivity index (χ2v) is 11.3. The molecule has 0 aromatic heterocycles. The van der Waals surface area contributed by atoms with Crippen LogP contribution in [-0.2, 0) is 14.4 Å². The zero-order valence-corrected chi connectivity index (χ0v) is 23.8. The van der Waals surface area contributed by atoms with Gasteiger partial charge in [-0.05, 0) is 42.0 Å². The third-order valence-corrected chi connectivity index (χ3v) is 8.60. The van der Waals surface area contributed by atoms with Gasteiger partial charge in [0.1, 0.15) is 12.2 Å². The van der Waals surface area contributed by atoms with Crippen LogP contribution in [0.25, 0.3) is 6.08 Å². The molecule has 14 heteroatoms. The Balaban J connectivity index is 1.20. The summed E-state index contributed by atoms with van der Waals surface area (Å²) >= 11 is 0. The van der Waals surface area contributed by atoms with E-state index in [0.29, 0.717) is 0 Å². The Bertz CT molecular complexity index is 1840. The summed E-state index contributed by atoms with van der Waals surface area (Å²) in [5.41, 5.74) is 1.83. The normalized spacial score (nSPS) is 24.6. The summed E-state index contributed by atoms with van der Waals surface area (Å²) in [6, 6.07) is 15.2. The van der Waals surface area contributed by atoms with Gasteiger partial charge in [0.15, 0.2) is 35.4 Å². The first-order valence-corrected chi connectivity index (χ1v) is 14.5. The Labute approximate surface area is 258 Å². The van der Waals surface area contributed by atoms with Crippen molar-refractivity contribution in [2.24, 2.45) is 21.4 Å². The van der Waals surface area contributed by atoms with E-state index in [9.17, 15) is 36.3 Å². The maximum absolute atomic E-state index is 14.6. The van der Waals surface area contributed by atoms with Crippen molar-refractivity contribution in [2.75, 3.05) is 11.4 Å². The monoisotopic (exact) mass is 634 g/mol. The Morgan fingerprint density at radius 3 is 2.13 bits per heavy atom. The molecule has 3 aliphatic heterocycles. The molecular formula is C32H23F5N6O3. The molecular weight excluding hydrogens is 611 g/mol. The van der Waals surface area contributed by atoms with E-state index in [2.05, 4.69) is 10.3 Å². The van der Waals surface area contributed by atoms with E-state index in [1.807, 2.05) is 66.7 Å². The predicted octanol–water partition coefficient (Wildman–Crippen LogP) is 5.50. The van der Waals surface area contributed by atoms with Crippen molar-refractivity contribution < 1.29 is 36.3 Å². The highest BCUT2D eigenvalue weighted by Gasteiger charge is 2.57. The summed E-state index contributed by atoms with van der Waals surface area (Å²) in [5.74, 6) is -15.2. The molecule has 0 spiro atoms. The summed E-state index contributed by atoms with van der Waals surface area (Å²) in [6.45, 7) is -0.612. The summed E-state index contributed by atoms with van der Waals surface area (Å²) in [5, 5.41) is 14.5. The van der Waals surface area contributed by atoms with Crippen molar-refractivity contribution in [1.82, 2.24) is 10.0 Å². The standard InChI is InChI=1S/C32H23F5N6O3/c33-21-22(34)24(36)29(25(37)23(21)35)42-31(45)27-30(32(42)46)41(40-38-27)15-20(44)43-28(17-10-5-2-6-11-17)19-13-7-12-18(26(19)39-43)14-16-8-3-1-4-9-16/h1-6,8-11,14,19,27-28,30H,7,12-13,15H2. The van der Waals surface area contributed by atoms with Crippen LogP contribution in [0.1, 0.15) is 36.4 Å². The number of benzene rings is 3. The van der Waals surface area contributed by atoms with Crippen molar-refractivity contribution in [2.45, 2.75) is 37.4 Å². The van der Waals surface area contributed by atoms with Crippen LogP contribution in [0.2, 0.25) is 0 Å². The zero-order valence-electron chi connectivity index (χ0n) is 23.8. The molecule has 3 amide bonds. The van der Waals surface area contributed by atoms with Gasteiger partial charge in [0.25, 0.3) is 17.7 Å². The minimum Gasteiger partial charge on any atom is -0.271 e. The number of carbonyl (C=O) groups excluding carboxylic acids is 3. The molecule has 46 heavy (non-hydrogen) atoms. The smallest absolute Gasteiger partial charge is 0.264 e. The lowest BCUT2D eigenvalue weighted by Gasteiger charge is -2.30. The van der Waals surface area contributed by atoms with Crippen molar-refractivity contribution in [3.8, 4) is 0 Å². The Kier molecular flexibility index (Phi) is 7.21. The summed E-state index contributed by atoms with van der Waals surface area (Å²) in [4.78, 5) is 40.2. The van der Waals surface area contributed by atoms with E-state index >= 15 is 0 Å². The number of halogens is 5. The van der Waals surface area contributed by atoms with Gasteiger partial charge in [0, 0.05) is 5.92 Å². The summed E-state index contributed by atoms with van der Waals surface area (Å²) < 4.78 is 70.7. The first-order valence-electron chi connectivity index (χ1n) is 14.5. The van der Waals surface area contributed by atoms with Crippen molar-refractivity contribution >= 4 is 35.2 Å². The van der Waals surface area contributed by atoms with Crippen molar-refractivity contribution in [3.05, 3.63) is 106 Å². The van der Waals surface area contributed by atoms with Crippen LogP contribution < -0.4 is 4.90 Å². The number of hydrazone groups is 1. The molecule has 7 rings (SSSR count). The molecule has 0 radical (unpaired) electrons. The first-order chi connectivity index (χ1) is 22.2. The maximum Gasteiger partial charge on any atom is 0.264 e. The van der Waals surface area contributed by atoms with Gasteiger partial charge in [-0.2, -0.15) is 10.2 Å². The Morgan fingerprint density at radius 2 is 1.46 bits per heavy atom. The van der Waals surface area contributed by atoms with Gasteiger partial charge in [0.05, 0.1) is 11.8 Å². The topological polar surface area (TPSA) is 98.0 Å². The number of amides is 3. The van der Waals surface area contributed by atoms with Crippen LogP contribution in [0, 0.1) is 35.0 Å². The number of allylic oxidation sites excluding steroid dienone is 1. The van der Waals surface area contributed by atoms with Crippen LogP contribution >= 0.6 is 0 Å². The van der Waals surface area contributed by atoms with Gasteiger partial charge in [-0.25, -0.2) is 31.9 Å². The van der Waals surface area contributed by atoms with Gasteiger partial charge >= 0.3 is 0 Å². The Morgan fingerprint density at radius 1 is 0.826 bits per heavy atom. The first kappa shape index (κ1) is 29.4. The molecule has 3 heterocycles. The SMILES string of the molecule is O=C1C2N=NN(CC(=O)N3N=C4C(=Cc5ccccc5)CCCC4C3c3ccccc3)C2C(=O)N1c1c(F)c(F)c(F)c(F)c1F. The molecule has 2 fully saturated rings. The number of hydrogen-bond donors (Lipinski definition) is 0. The number of imide groups is 1. The number of fused-ring (bicyclic) bond motifs is 2.